The summed E-state index contributed by atoms with van der Waals surface area (Å²) in [6.07, 6.45) is 0. The van der Waals surface area contributed by atoms with Gasteiger partial charge in [0.15, 0.2) is 0 Å². The predicted octanol–water partition coefficient (Wildman–Crippen LogP) is 1.15. The van der Waals surface area contributed by atoms with Gasteiger partial charge in [-0.3, -0.25) is 10.0 Å². The molecule has 1 rings (SSSR count). The van der Waals surface area contributed by atoms with Crippen LogP contribution in [0, 0.1) is 0 Å². The Hall–Kier alpha value is -1.07. The number of hydrogen-bond acceptors (Lipinski definition) is 3. The Balaban J connectivity index is 3.05. The minimum Gasteiger partial charge on any atom is -0.398 e. The molecule has 1 aromatic rings. The van der Waals surface area contributed by atoms with Crippen LogP contribution in [0.2, 0.25) is 0 Å². The highest BCUT2D eigenvalue weighted by Gasteiger charge is 2.04. The summed E-state index contributed by atoms with van der Waals surface area (Å²) in [5.41, 5.74) is 7.80. The second kappa shape index (κ2) is 3.55. The van der Waals surface area contributed by atoms with E-state index in [1.54, 1.807) is 12.1 Å². The maximum Gasteiger partial charge on any atom is 0.274 e. The van der Waals surface area contributed by atoms with Crippen molar-refractivity contribution in [2.45, 2.75) is 0 Å². The summed E-state index contributed by atoms with van der Waals surface area (Å²) in [7, 11) is 0. The van der Waals surface area contributed by atoms with Gasteiger partial charge in [-0.15, -0.1) is 0 Å². The molecule has 0 radical (unpaired) electrons. The van der Waals surface area contributed by atoms with Gasteiger partial charge < -0.3 is 5.73 Å². The molecular weight excluding hydrogens is 224 g/mol. The van der Waals surface area contributed by atoms with Crippen LogP contribution in [-0.4, -0.2) is 11.1 Å². The van der Waals surface area contributed by atoms with E-state index in [9.17, 15) is 4.79 Å². The molecule has 0 atom stereocenters. The molecule has 0 saturated carbocycles. The molecule has 0 aliphatic rings. The number of amides is 1. The molecular formula is C7H7BrN2O2. The number of carbonyl (C=O) groups excluding carboxylic acids is 1. The van der Waals surface area contributed by atoms with Gasteiger partial charge in [-0.25, -0.2) is 5.48 Å². The molecule has 4 N–H and O–H groups in total. The standard InChI is InChI=1S/C7H7BrN2O2/c8-5-2-1-4(3-6(5)9)7(11)10-12/h1-3,12H,9H2,(H,10,11). The molecule has 0 saturated heterocycles. The van der Waals surface area contributed by atoms with Crippen molar-refractivity contribution < 1.29 is 10.0 Å². The Morgan fingerprint density at radius 2 is 2.25 bits per heavy atom. The van der Waals surface area contributed by atoms with Gasteiger partial charge in [0.1, 0.15) is 0 Å². The van der Waals surface area contributed by atoms with Crippen molar-refractivity contribution >= 4 is 27.5 Å². The second-order valence-electron chi connectivity index (χ2n) is 2.18. The van der Waals surface area contributed by atoms with Gasteiger partial charge >= 0.3 is 0 Å². The van der Waals surface area contributed by atoms with E-state index in [0.717, 1.165) is 4.47 Å². The van der Waals surface area contributed by atoms with E-state index in [1.165, 1.54) is 11.5 Å². The third-order valence-corrected chi connectivity index (χ3v) is 2.08. The first kappa shape index (κ1) is 9.02. The highest BCUT2D eigenvalue weighted by Crippen LogP contribution is 2.19. The van der Waals surface area contributed by atoms with Crippen molar-refractivity contribution in [1.29, 1.82) is 0 Å². The Bertz CT molecular complexity index is 314. The zero-order valence-corrected chi connectivity index (χ0v) is 7.63. The summed E-state index contributed by atoms with van der Waals surface area (Å²) >= 11 is 3.18. The van der Waals surface area contributed by atoms with Crippen LogP contribution in [0.5, 0.6) is 0 Å². The molecule has 4 nitrogen and oxygen atoms in total. The van der Waals surface area contributed by atoms with Crippen molar-refractivity contribution in [1.82, 2.24) is 5.48 Å². The van der Waals surface area contributed by atoms with Crippen LogP contribution in [0.15, 0.2) is 22.7 Å². The van der Waals surface area contributed by atoms with E-state index in [0.29, 0.717) is 11.3 Å². The fraction of sp³-hybridized carbons (Fsp3) is 0. The second-order valence-corrected chi connectivity index (χ2v) is 3.03. The highest BCUT2D eigenvalue weighted by atomic mass is 79.9. The number of halogens is 1. The van der Waals surface area contributed by atoms with Crippen molar-refractivity contribution in [2.24, 2.45) is 0 Å². The molecule has 0 bridgehead atoms. The van der Waals surface area contributed by atoms with Gasteiger partial charge in [0.25, 0.3) is 5.91 Å². The van der Waals surface area contributed by atoms with Crippen LogP contribution in [-0.2, 0) is 0 Å². The number of benzene rings is 1. The number of nitrogen functional groups attached to an aromatic ring is 1. The van der Waals surface area contributed by atoms with E-state index >= 15 is 0 Å². The van der Waals surface area contributed by atoms with Crippen LogP contribution < -0.4 is 11.2 Å². The summed E-state index contributed by atoms with van der Waals surface area (Å²) < 4.78 is 0.719. The number of hydroxylamine groups is 1. The van der Waals surface area contributed by atoms with Gasteiger partial charge in [0, 0.05) is 15.7 Å². The smallest absolute Gasteiger partial charge is 0.274 e. The van der Waals surface area contributed by atoms with Crippen molar-refractivity contribution in [3.63, 3.8) is 0 Å². The fourth-order valence-corrected chi connectivity index (χ4v) is 0.996. The summed E-state index contributed by atoms with van der Waals surface area (Å²) in [6, 6.07) is 4.65. The van der Waals surface area contributed by atoms with E-state index in [4.69, 9.17) is 10.9 Å². The lowest BCUT2D eigenvalue weighted by Crippen LogP contribution is -2.18. The topological polar surface area (TPSA) is 75.4 Å². The molecule has 0 aliphatic carbocycles. The lowest BCUT2D eigenvalue weighted by atomic mass is 10.2. The number of carbonyl (C=O) groups is 1. The number of anilines is 1. The molecule has 1 aromatic carbocycles. The van der Waals surface area contributed by atoms with Crippen molar-refractivity contribution in [2.75, 3.05) is 5.73 Å². The fourth-order valence-electron chi connectivity index (χ4n) is 0.750. The molecule has 0 unspecified atom stereocenters. The molecule has 0 fully saturated rings. The summed E-state index contributed by atoms with van der Waals surface area (Å²) in [5, 5.41) is 8.30. The minimum absolute atomic E-state index is 0.318. The largest absolute Gasteiger partial charge is 0.398 e. The Kier molecular flexibility index (Phi) is 2.67. The third kappa shape index (κ3) is 1.75. The summed E-state index contributed by atoms with van der Waals surface area (Å²) in [6.45, 7) is 0. The lowest BCUT2D eigenvalue weighted by Gasteiger charge is -2.01. The number of rotatable bonds is 1. The number of nitrogens with one attached hydrogen (secondary N) is 1. The van der Waals surface area contributed by atoms with E-state index < -0.39 is 5.91 Å². The summed E-state index contributed by atoms with van der Waals surface area (Å²) in [5.74, 6) is -0.575. The maximum absolute atomic E-state index is 10.8. The first-order chi connectivity index (χ1) is 5.65. The average molecular weight is 231 g/mol. The van der Waals surface area contributed by atoms with Crippen LogP contribution in [0.3, 0.4) is 0 Å². The van der Waals surface area contributed by atoms with Gasteiger partial charge in [-0.05, 0) is 34.1 Å². The first-order valence-electron chi connectivity index (χ1n) is 3.14. The predicted molar refractivity (Wildman–Crippen MR) is 47.8 cm³/mol. The van der Waals surface area contributed by atoms with Gasteiger partial charge in [0.2, 0.25) is 0 Å². The van der Waals surface area contributed by atoms with Crippen LogP contribution >= 0.6 is 15.9 Å². The van der Waals surface area contributed by atoms with Gasteiger partial charge in [-0.2, -0.15) is 0 Å². The molecule has 12 heavy (non-hydrogen) atoms. The van der Waals surface area contributed by atoms with Crippen LogP contribution in [0.4, 0.5) is 5.69 Å². The zero-order chi connectivity index (χ0) is 9.14. The molecule has 0 spiro atoms. The first-order valence-corrected chi connectivity index (χ1v) is 3.94. The van der Waals surface area contributed by atoms with E-state index in [-0.39, 0.29) is 0 Å². The molecule has 5 heteroatoms. The number of nitrogens with two attached hydrogens (primary N) is 1. The molecule has 1 amide bonds. The Morgan fingerprint density at radius 1 is 1.58 bits per heavy atom. The lowest BCUT2D eigenvalue weighted by molar-refractivity contribution is 0.0706. The molecule has 0 heterocycles. The monoisotopic (exact) mass is 230 g/mol. The van der Waals surface area contributed by atoms with Crippen LogP contribution in [0.25, 0.3) is 0 Å². The van der Waals surface area contributed by atoms with Gasteiger partial charge in [-0.1, -0.05) is 0 Å². The molecule has 64 valence electrons. The van der Waals surface area contributed by atoms with Gasteiger partial charge in [0.05, 0.1) is 0 Å². The quantitative estimate of drug-likeness (QED) is 0.385. The Morgan fingerprint density at radius 3 is 2.75 bits per heavy atom. The molecule has 0 aliphatic heterocycles. The zero-order valence-electron chi connectivity index (χ0n) is 6.04. The van der Waals surface area contributed by atoms with Crippen molar-refractivity contribution in [3.05, 3.63) is 28.2 Å². The van der Waals surface area contributed by atoms with E-state index in [1.807, 2.05) is 0 Å². The average Bonchev–Trinajstić information content (AvgIpc) is 2.08. The Labute approximate surface area is 77.5 Å². The maximum atomic E-state index is 10.8. The third-order valence-electron chi connectivity index (χ3n) is 1.36. The normalized spacial score (nSPS) is 9.50. The van der Waals surface area contributed by atoms with E-state index in [2.05, 4.69) is 15.9 Å². The SMILES string of the molecule is Nc1cc(C(=O)NO)ccc1Br. The minimum atomic E-state index is -0.575. The highest BCUT2D eigenvalue weighted by molar-refractivity contribution is 9.10. The van der Waals surface area contributed by atoms with Crippen LogP contribution in [0.1, 0.15) is 10.4 Å². The summed E-state index contributed by atoms with van der Waals surface area (Å²) in [4.78, 5) is 10.8. The molecule has 0 aromatic heterocycles. The van der Waals surface area contributed by atoms with Crippen molar-refractivity contribution in [3.8, 4) is 0 Å². The number of hydrogen-bond donors (Lipinski definition) is 3.